The molecule has 6 heteroatoms. The second-order valence-corrected chi connectivity index (χ2v) is 4.96. The molecule has 0 aromatic heterocycles. The first-order valence-electron chi connectivity index (χ1n) is 6.41. The number of nitro benzene ring substituents is 1. The summed E-state index contributed by atoms with van der Waals surface area (Å²) < 4.78 is 13.5. The number of benzene rings is 1. The molecule has 2 rings (SSSR count). The van der Waals surface area contributed by atoms with Crippen LogP contribution in [-0.4, -0.2) is 36.0 Å². The Bertz CT molecular complexity index is 461. The highest BCUT2D eigenvalue weighted by molar-refractivity contribution is 5.34. The first-order valence-corrected chi connectivity index (χ1v) is 6.41. The fourth-order valence-electron chi connectivity index (χ4n) is 2.42. The van der Waals surface area contributed by atoms with E-state index in [1.54, 1.807) is 6.07 Å². The van der Waals surface area contributed by atoms with Gasteiger partial charge in [0, 0.05) is 25.2 Å². The summed E-state index contributed by atoms with van der Waals surface area (Å²) in [6, 6.07) is 4.54. The van der Waals surface area contributed by atoms with Crippen LogP contribution in [0.15, 0.2) is 18.2 Å². The molecule has 0 amide bonds. The van der Waals surface area contributed by atoms with Crippen molar-refractivity contribution in [1.29, 1.82) is 0 Å². The zero-order valence-electron chi connectivity index (χ0n) is 10.9. The lowest BCUT2D eigenvalue weighted by Crippen LogP contribution is -2.43. The van der Waals surface area contributed by atoms with Gasteiger partial charge in [0.05, 0.1) is 4.92 Å². The van der Waals surface area contributed by atoms with E-state index in [0.717, 1.165) is 31.5 Å². The molecule has 1 fully saturated rings. The quantitative estimate of drug-likeness (QED) is 0.669. The lowest BCUT2D eigenvalue weighted by molar-refractivity contribution is -0.387. The predicted molar refractivity (Wildman–Crippen MR) is 70.4 cm³/mol. The van der Waals surface area contributed by atoms with Gasteiger partial charge in [-0.2, -0.15) is 4.39 Å². The first kappa shape index (κ1) is 13.9. The van der Waals surface area contributed by atoms with E-state index in [1.807, 2.05) is 7.05 Å². The molecule has 1 aromatic carbocycles. The number of nitro groups is 1. The average molecular weight is 267 g/mol. The minimum absolute atomic E-state index is 0.437. The van der Waals surface area contributed by atoms with Crippen LogP contribution in [-0.2, 0) is 6.54 Å². The molecule has 5 nitrogen and oxygen atoms in total. The van der Waals surface area contributed by atoms with Crippen molar-refractivity contribution in [1.82, 2.24) is 10.2 Å². The molecule has 0 saturated carbocycles. The Kier molecular flexibility index (Phi) is 4.44. The van der Waals surface area contributed by atoms with E-state index in [2.05, 4.69) is 10.2 Å². The molecular formula is C13H18FN3O2. The Morgan fingerprint density at radius 2 is 2.37 bits per heavy atom. The zero-order valence-corrected chi connectivity index (χ0v) is 10.9. The highest BCUT2D eigenvalue weighted by Crippen LogP contribution is 2.20. The molecule has 1 aromatic rings. The lowest BCUT2D eigenvalue weighted by Gasteiger charge is -2.31. The van der Waals surface area contributed by atoms with E-state index in [0.29, 0.717) is 12.6 Å². The molecule has 1 unspecified atom stereocenters. The van der Waals surface area contributed by atoms with Gasteiger partial charge in [-0.1, -0.05) is 6.07 Å². The minimum Gasteiger partial charge on any atom is -0.315 e. The summed E-state index contributed by atoms with van der Waals surface area (Å²) in [5.41, 5.74) is 0.293. The second-order valence-electron chi connectivity index (χ2n) is 4.96. The van der Waals surface area contributed by atoms with Gasteiger partial charge in [-0.25, -0.2) is 0 Å². The van der Waals surface area contributed by atoms with Crippen LogP contribution < -0.4 is 5.32 Å². The third-order valence-electron chi connectivity index (χ3n) is 3.53. The van der Waals surface area contributed by atoms with Gasteiger partial charge in [0.15, 0.2) is 0 Å². The van der Waals surface area contributed by atoms with Crippen LogP contribution in [0, 0.1) is 15.9 Å². The fraction of sp³-hybridized carbons (Fsp3) is 0.538. The van der Waals surface area contributed by atoms with Crippen LogP contribution in [0.3, 0.4) is 0 Å². The van der Waals surface area contributed by atoms with Gasteiger partial charge >= 0.3 is 5.69 Å². The summed E-state index contributed by atoms with van der Waals surface area (Å²) >= 11 is 0. The van der Waals surface area contributed by atoms with Gasteiger partial charge in [-0.3, -0.25) is 15.0 Å². The summed E-state index contributed by atoms with van der Waals surface area (Å²) in [7, 11) is 2.00. The summed E-state index contributed by atoms with van der Waals surface area (Å²) in [6.07, 6.45) is 2.27. The van der Waals surface area contributed by atoms with Gasteiger partial charge in [0.2, 0.25) is 5.82 Å². The van der Waals surface area contributed by atoms with Crippen molar-refractivity contribution in [2.45, 2.75) is 25.4 Å². The Hall–Kier alpha value is -1.53. The molecule has 104 valence electrons. The van der Waals surface area contributed by atoms with Crippen molar-refractivity contribution >= 4 is 5.69 Å². The summed E-state index contributed by atoms with van der Waals surface area (Å²) in [6.45, 7) is 2.59. The zero-order chi connectivity index (χ0) is 13.8. The molecule has 19 heavy (non-hydrogen) atoms. The first-order chi connectivity index (χ1) is 9.08. The van der Waals surface area contributed by atoms with Crippen LogP contribution in [0.4, 0.5) is 10.1 Å². The Morgan fingerprint density at radius 1 is 1.58 bits per heavy atom. The molecule has 1 atom stereocenters. The standard InChI is InChI=1S/C13H18FN3O2/c1-16(11-3-2-6-15-8-11)9-10-4-5-13(17(18)19)12(14)7-10/h4-5,7,11,15H,2-3,6,8-9H2,1H3. The molecule has 0 bridgehead atoms. The molecule has 1 saturated heterocycles. The minimum atomic E-state index is -0.766. The number of piperidine rings is 1. The summed E-state index contributed by atoms with van der Waals surface area (Å²) in [5, 5.41) is 13.9. The van der Waals surface area contributed by atoms with Crippen LogP contribution in [0.2, 0.25) is 0 Å². The van der Waals surface area contributed by atoms with Crippen molar-refractivity contribution in [3.63, 3.8) is 0 Å². The lowest BCUT2D eigenvalue weighted by atomic mass is 10.1. The number of likely N-dealkylation sites (N-methyl/N-ethyl adjacent to an activating group) is 1. The molecule has 0 spiro atoms. The number of hydrogen-bond donors (Lipinski definition) is 1. The number of nitrogens with zero attached hydrogens (tertiary/aromatic N) is 2. The van der Waals surface area contributed by atoms with Crippen LogP contribution in [0.5, 0.6) is 0 Å². The van der Waals surface area contributed by atoms with E-state index in [1.165, 1.54) is 12.1 Å². The molecule has 1 N–H and O–H groups in total. The van der Waals surface area contributed by atoms with Gasteiger partial charge in [0.25, 0.3) is 0 Å². The molecule has 0 aliphatic carbocycles. The van der Waals surface area contributed by atoms with Crippen molar-refractivity contribution in [3.05, 3.63) is 39.7 Å². The number of halogens is 1. The van der Waals surface area contributed by atoms with E-state index in [9.17, 15) is 14.5 Å². The maximum Gasteiger partial charge on any atom is 0.304 e. The SMILES string of the molecule is CN(Cc1ccc([N+](=O)[O-])c(F)c1)C1CCCNC1. The Labute approximate surface area is 111 Å². The molecular weight excluding hydrogens is 249 g/mol. The van der Waals surface area contributed by atoms with Crippen molar-refractivity contribution in [2.24, 2.45) is 0 Å². The third-order valence-corrected chi connectivity index (χ3v) is 3.53. The Morgan fingerprint density at radius 3 is 2.95 bits per heavy atom. The molecule has 1 aliphatic rings. The largest absolute Gasteiger partial charge is 0.315 e. The van der Waals surface area contributed by atoms with E-state index in [4.69, 9.17) is 0 Å². The van der Waals surface area contributed by atoms with Crippen molar-refractivity contribution in [3.8, 4) is 0 Å². The van der Waals surface area contributed by atoms with Crippen molar-refractivity contribution in [2.75, 3.05) is 20.1 Å². The maximum absolute atomic E-state index is 13.5. The van der Waals surface area contributed by atoms with Gasteiger partial charge in [0.1, 0.15) is 0 Å². The summed E-state index contributed by atoms with van der Waals surface area (Å²) in [4.78, 5) is 12.0. The predicted octanol–water partition coefficient (Wildman–Crippen LogP) is 1.92. The van der Waals surface area contributed by atoms with Crippen molar-refractivity contribution < 1.29 is 9.31 Å². The van der Waals surface area contributed by atoms with E-state index >= 15 is 0 Å². The van der Waals surface area contributed by atoms with Crippen LogP contribution in [0.1, 0.15) is 18.4 Å². The topological polar surface area (TPSA) is 58.4 Å². The van der Waals surface area contributed by atoms with Gasteiger partial charge in [-0.05, 0) is 38.1 Å². The van der Waals surface area contributed by atoms with Gasteiger partial charge in [-0.15, -0.1) is 0 Å². The van der Waals surface area contributed by atoms with Crippen LogP contribution >= 0.6 is 0 Å². The smallest absolute Gasteiger partial charge is 0.304 e. The van der Waals surface area contributed by atoms with E-state index in [-0.39, 0.29) is 0 Å². The van der Waals surface area contributed by atoms with Crippen LogP contribution in [0.25, 0.3) is 0 Å². The number of nitrogens with one attached hydrogen (secondary N) is 1. The average Bonchev–Trinajstić information content (AvgIpc) is 2.39. The normalized spacial score (nSPS) is 19.6. The van der Waals surface area contributed by atoms with Gasteiger partial charge < -0.3 is 5.32 Å². The fourth-order valence-corrected chi connectivity index (χ4v) is 2.42. The highest BCUT2D eigenvalue weighted by Gasteiger charge is 2.19. The Balaban J connectivity index is 2.02. The molecule has 0 radical (unpaired) electrons. The number of hydrogen-bond acceptors (Lipinski definition) is 4. The monoisotopic (exact) mass is 267 g/mol. The van der Waals surface area contributed by atoms with E-state index < -0.39 is 16.4 Å². The molecule has 1 heterocycles. The number of rotatable bonds is 4. The molecule has 1 aliphatic heterocycles. The maximum atomic E-state index is 13.5. The summed E-state index contributed by atoms with van der Waals surface area (Å²) in [5.74, 6) is -0.766. The third kappa shape index (κ3) is 3.48. The highest BCUT2D eigenvalue weighted by atomic mass is 19.1. The second kappa shape index (κ2) is 6.08.